The number of ether oxygens (including phenoxy) is 2. The molecular weight excluding hydrogens is 280 g/mol. The van der Waals surface area contributed by atoms with Gasteiger partial charge in [-0.2, -0.15) is 0 Å². The molecule has 1 aromatic heterocycles. The van der Waals surface area contributed by atoms with Crippen LogP contribution >= 0.6 is 0 Å². The van der Waals surface area contributed by atoms with Gasteiger partial charge in [-0.1, -0.05) is 0 Å². The van der Waals surface area contributed by atoms with Gasteiger partial charge in [0, 0.05) is 24.6 Å². The molecule has 2 heterocycles. The summed E-state index contributed by atoms with van der Waals surface area (Å²) in [6.07, 6.45) is -2.92. The molecule has 0 radical (unpaired) electrons. The number of nitrogens with zero attached hydrogens (tertiary/aromatic N) is 1. The molecule has 1 aromatic rings. The fourth-order valence-electron chi connectivity index (χ4n) is 2.05. The average molecular weight is 300 g/mol. The van der Waals surface area contributed by atoms with Gasteiger partial charge in [-0.05, 0) is 12.1 Å². The molecular formula is C13H20N2O6. The molecule has 118 valence electrons. The van der Waals surface area contributed by atoms with Crippen LogP contribution in [-0.2, 0) is 9.47 Å². The number of nitrogens with one attached hydrogen (secondary N) is 1. The summed E-state index contributed by atoms with van der Waals surface area (Å²) < 4.78 is 10.5. The van der Waals surface area contributed by atoms with Crippen molar-refractivity contribution in [2.75, 3.05) is 25.1 Å². The third kappa shape index (κ3) is 4.10. The maximum absolute atomic E-state index is 9.77. The van der Waals surface area contributed by atoms with Crippen LogP contribution in [0.4, 0.5) is 5.69 Å². The summed E-state index contributed by atoms with van der Waals surface area (Å²) in [7, 11) is 0. The highest BCUT2D eigenvalue weighted by Gasteiger charge is 2.43. The number of pyridine rings is 1. The first-order chi connectivity index (χ1) is 10.1. The minimum atomic E-state index is -1.42. The summed E-state index contributed by atoms with van der Waals surface area (Å²) >= 11 is 0. The maximum atomic E-state index is 9.77. The summed E-state index contributed by atoms with van der Waals surface area (Å²) in [6.45, 7) is 0.199. The van der Waals surface area contributed by atoms with Crippen LogP contribution in [-0.4, -0.2) is 75.9 Å². The predicted octanol–water partition coefficient (Wildman–Crippen LogP) is -1.69. The summed E-state index contributed by atoms with van der Waals surface area (Å²) in [5, 5.41) is 41.1. The van der Waals surface area contributed by atoms with Crippen LogP contribution in [0.25, 0.3) is 0 Å². The second-order valence-electron chi connectivity index (χ2n) is 4.73. The summed E-state index contributed by atoms with van der Waals surface area (Å²) in [5.74, 6) is 0. The molecule has 0 saturated carbocycles. The van der Waals surface area contributed by atoms with Crippen molar-refractivity contribution in [1.82, 2.24) is 4.98 Å². The third-order valence-corrected chi connectivity index (χ3v) is 3.24. The SMILES string of the molecule is OCC1O[C@@H](OCCNc2ccncc2)C(O)C(O)[C@@H]1O. The van der Waals surface area contributed by atoms with Gasteiger partial charge < -0.3 is 35.2 Å². The lowest BCUT2D eigenvalue weighted by Gasteiger charge is -2.39. The molecule has 3 unspecified atom stereocenters. The third-order valence-electron chi connectivity index (χ3n) is 3.24. The lowest BCUT2D eigenvalue weighted by molar-refractivity contribution is -0.300. The normalized spacial score (nSPS) is 32.9. The molecule has 0 aromatic carbocycles. The summed E-state index contributed by atoms with van der Waals surface area (Å²) in [4.78, 5) is 3.89. The van der Waals surface area contributed by atoms with E-state index in [4.69, 9.17) is 14.6 Å². The van der Waals surface area contributed by atoms with Crippen molar-refractivity contribution >= 4 is 5.69 Å². The molecule has 1 fully saturated rings. The first kappa shape index (κ1) is 16.1. The van der Waals surface area contributed by atoms with E-state index in [9.17, 15) is 15.3 Å². The van der Waals surface area contributed by atoms with Gasteiger partial charge in [0.25, 0.3) is 0 Å². The fourth-order valence-corrected chi connectivity index (χ4v) is 2.05. The van der Waals surface area contributed by atoms with Crippen LogP contribution in [0.15, 0.2) is 24.5 Å². The largest absolute Gasteiger partial charge is 0.394 e. The van der Waals surface area contributed by atoms with Gasteiger partial charge in [-0.15, -0.1) is 0 Å². The van der Waals surface area contributed by atoms with Gasteiger partial charge >= 0.3 is 0 Å². The lowest BCUT2D eigenvalue weighted by Crippen LogP contribution is -2.59. The Labute approximate surface area is 122 Å². The molecule has 0 amide bonds. The van der Waals surface area contributed by atoms with Gasteiger partial charge in [0.2, 0.25) is 0 Å². The molecule has 2 rings (SSSR count). The van der Waals surface area contributed by atoms with E-state index in [0.717, 1.165) is 5.69 Å². The molecule has 21 heavy (non-hydrogen) atoms. The van der Waals surface area contributed by atoms with Gasteiger partial charge in [0.05, 0.1) is 13.2 Å². The van der Waals surface area contributed by atoms with E-state index < -0.39 is 37.3 Å². The highest BCUT2D eigenvalue weighted by Crippen LogP contribution is 2.21. The van der Waals surface area contributed by atoms with Gasteiger partial charge in [-0.25, -0.2) is 0 Å². The van der Waals surface area contributed by atoms with E-state index in [1.807, 2.05) is 0 Å². The first-order valence-corrected chi connectivity index (χ1v) is 6.69. The molecule has 1 aliphatic heterocycles. The number of hydrogen-bond acceptors (Lipinski definition) is 8. The number of anilines is 1. The van der Waals surface area contributed by atoms with Crippen molar-refractivity contribution in [1.29, 1.82) is 0 Å². The Bertz CT molecular complexity index is 418. The van der Waals surface area contributed by atoms with Crippen LogP contribution in [0.1, 0.15) is 0 Å². The minimum Gasteiger partial charge on any atom is -0.394 e. The summed E-state index contributed by atoms with van der Waals surface area (Å²) in [6, 6.07) is 3.60. The van der Waals surface area contributed by atoms with Crippen molar-refractivity contribution in [3.8, 4) is 0 Å². The minimum absolute atomic E-state index is 0.213. The molecule has 0 spiro atoms. The Hall–Kier alpha value is -1.29. The highest BCUT2D eigenvalue weighted by molar-refractivity contribution is 5.40. The number of aromatic nitrogens is 1. The van der Waals surface area contributed by atoms with Crippen LogP contribution in [0, 0.1) is 0 Å². The van der Waals surface area contributed by atoms with Crippen molar-refractivity contribution < 1.29 is 29.9 Å². The number of hydrogen-bond donors (Lipinski definition) is 5. The highest BCUT2D eigenvalue weighted by atomic mass is 16.7. The zero-order valence-corrected chi connectivity index (χ0v) is 11.4. The van der Waals surface area contributed by atoms with Crippen LogP contribution in [0.2, 0.25) is 0 Å². The Morgan fingerprint density at radius 2 is 1.86 bits per heavy atom. The zero-order chi connectivity index (χ0) is 15.2. The quantitative estimate of drug-likeness (QED) is 0.394. The molecule has 8 nitrogen and oxygen atoms in total. The Morgan fingerprint density at radius 1 is 1.14 bits per heavy atom. The standard InChI is InChI=1S/C13H20N2O6/c16-7-9-10(17)11(18)12(19)13(21-9)20-6-5-15-8-1-3-14-4-2-8/h1-4,9-13,16-19H,5-7H2,(H,14,15)/t9?,10-,11?,12?,13-/m1/s1. The van der Waals surface area contributed by atoms with E-state index in [2.05, 4.69) is 10.3 Å². The molecule has 8 heteroatoms. The fraction of sp³-hybridized carbons (Fsp3) is 0.615. The Morgan fingerprint density at radius 3 is 2.52 bits per heavy atom. The average Bonchev–Trinajstić information content (AvgIpc) is 2.52. The molecule has 0 aliphatic carbocycles. The Kier molecular flexibility index (Phi) is 5.85. The van der Waals surface area contributed by atoms with E-state index in [-0.39, 0.29) is 6.61 Å². The van der Waals surface area contributed by atoms with Crippen molar-refractivity contribution in [2.24, 2.45) is 0 Å². The van der Waals surface area contributed by atoms with Crippen molar-refractivity contribution in [3.63, 3.8) is 0 Å². The monoisotopic (exact) mass is 300 g/mol. The smallest absolute Gasteiger partial charge is 0.186 e. The van der Waals surface area contributed by atoms with E-state index in [1.165, 1.54) is 0 Å². The lowest BCUT2D eigenvalue weighted by atomic mass is 9.99. The van der Waals surface area contributed by atoms with Crippen LogP contribution < -0.4 is 5.32 Å². The van der Waals surface area contributed by atoms with Gasteiger partial charge in [0.15, 0.2) is 6.29 Å². The second-order valence-corrected chi connectivity index (χ2v) is 4.73. The van der Waals surface area contributed by atoms with Gasteiger partial charge in [0.1, 0.15) is 24.4 Å². The Balaban J connectivity index is 1.77. The first-order valence-electron chi connectivity index (χ1n) is 6.69. The van der Waals surface area contributed by atoms with Crippen LogP contribution in [0.5, 0.6) is 0 Å². The maximum Gasteiger partial charge on any atom is 0.186 e. The van der Waals surface area contributed by atoms with E-state index in [1.54, 1.807) is 24.5 Å². The number of rotatable bonds is 6. The molecule has 1 aliphatic rings. The predicted molar refractivity (Wildman–Crippen MR) is 72.4 cm³/mol. The van der Waals surface area contributed by atoms with E-state index >= 15 is 0 Å². The number of aliphatic hydroxyl groups excluding tert-OH is 4. The van der Waals surface area contributed by atoms with Crippen molar-refractivity contribution in [2.45, 2.75) is 30.7 Å². The molecule has 5 N–H and O–H groups in total. The van der Waals surface area contributed by atoms with Crippen LogP contribution in [0.3, 0.4) is 0 Å². The molecule has 1 saturated heterocycles. The number of aliphatic hydroxyl groups is 4. The van der Waals surface area contributed by atoms with E-state index in [0.29, 0.717) is 6.54 Å². The topological polar surface area (TPSA) is 124 Å². The summed E-state index contributed by atoms with van der Waals surface area (Å²) in [5.41, 5.74) is 0.877. The zero-order valence-electron chi connectivity index (χ0n) is 11.4. The van der Waals surface area contributed by atoms with Crippen molar-refractivity contribution in [3.05, 3.63) is 24.5 Å². The van der Waals surface area contributed by atoms with Gasteiger partial charge in [-0.3, -0.25) is 4.98 Å². The molecule has 5 atom stereocenters. The second kappa shape index (κ2) is 7.64. The molecule has 0 bridgehead atoms.